The number of nitrogens with one attached hydrogen (secondary N) is 2. The Bertz CT molecular complexity index is 877. The van der Waals surface area contributed by atoms with Crippen LogP contribution in [-0.2, 0) is 4.79 Å². The molecule has 1 aromatic carbocycles. The van der Waals surface area contributed by atoms with Crippen LogP contribution in [0.2, 0.25) is 0 Å². The largest absolute Gasteiger partial charge is 0.482 e. The van der Waals surface area contributed by atoms with Crippen LogP contribution in [0.3, 0.4) is 0 Å². The molecule has 1 aromatic heterocycles. The highest BCUT2D eigenvalue weighted by Crippen LogP contribution is 2.28. The van der Waals surface area contributed by atoms with E-state index < -0.39 is 0 Å². The van der Waals surface area contributed by atoms with Gasteiger partial charge in [-0.2, -0.15) is 0 Å². The minimum Gasteiger partial charge on any atom is -0.482 e. The molecular formula is C19H19N3O5. The second-order valence-electron chi connectivity index (χ2n) is 6.59. The normalized spacial score (nSPS) is 18.9. The zero-order valence-corrected chi connectivity index (χ0v) is 14.6. The van der Waals surface area contributed by atoms with Crippen LogP contribution in [0.4, 0.5) is 5.69 Å². The first-order valence-corrected chi connectivity index (χ1v) is 8.80. The summed E-state index contributed by atoms with van der Waals surface area (Å²) in [6.45, 7) is 1.01. The number of amides is 3. The average molecular weight is 369 g/mol. The van der Waals surface area contributed by atoms with Gasteiger partial charge >= 0.3 is 0 Å². The lowest BCUT2D eigenvalue weighted by atomic mass is 10.0. The molecule has 2 N–H and O–H groups in total. The quantitative estimate of drug-likeness (QED) is 0.857. The van der Waals surface area contributed by atoms with Crippen LogP contribution in [-0.4, -0.2) is 48.4 Å². The standard InChI is InChI=1S/C19H19N3O5/c23-17-11-27-16-9-12(5-6-14(16)21-17)18(24)20-13-3-1-7-22(10-13)19(25)15-4-2-8-26-15/h2,4-6,8-9,13H,1,3,7,10-11H2,(H,20,24)(H,21,23). The van der Waals surface area contributed by atoms with E-state index in [0.29, 0.717) is 35.9 Å². The number of likely N-dealkylation sites (tertiary alicyclic amines) is 1. The monoisotopic (exact) mass is 369 g/mol. The molecule has 3 heterocycles. The molecule has 2 aromatic rings. The maximum atomic E-state index is 12.6. The fraction of sp³-hybridized carbons (Fsp3) is 0.316. The lowest BCUT2D eigenvalue weighted by Gasteiger charge is -2.32. The summed E-state index contributed by atoms with van der Waals surface area (Å²) in [4.78, 5) is 38.0. The number of anilines is 1. The van der Waals surface area contributed by atoms with E-state index in [2.05, 4.69) is 10.6 Å². The fourth-order valence-corrected chi connectivity index (χ4v) is 3.32. The summed E-state index contributed by atoms with van der Waals surface area (Å²) in [5, 5.41) is 5.66. The van der Waals surface area contributed by atoms with Crippen LogP contribution >= 0.6 is 0 Å². The van der Waals surface area contributed by atoms with Crippen molar-refractivity contribution in [3.63, 3.8) is 0 Å². The molecule has 2 aliphatic rings. The Morgan fingerprint density at radius 1 is 1.26 bits per heavy atom. The number of fused-ring (bicyclic) bond motifs is 1. The van der Waals surface area contributed by atoms with Gasteiger partial charge in [0.1, 0.15) is 5.75 Å². The summed E-state index contributed by atoms with van der Waals surface area (Å²) < 4.78 is 10.5. The minimum atomic E-state index is -0.240. The van der Waals surface area contributed by atoms with Crippen molar-refractivity contribution in [3.05, 3.63) is 47.9 Å². The molecule has 0 saturated carbocycles. The predicted molar refractivity (Wildman–Crippen MR) is 95.7 cm³/mol. The summed E-state index contributed by atoms with van der Waals surface area (Å²) in [5.41, 5.74) is 0.995. The highest BCUT2D eigenvalue weighted by molar-refractivity contribution is 5.99. The second-order valence-corrected chi connectivity index (χ2v) is 6.59. The van der Waals surface area contributed by atoms with Gasteiger partial charge < -0.3 is 24.7 Å². The van der Waals surface area contributed by atoms with Gasteiger partial charge in [0.25, 0.3) is 17.7 Å². The van der Waals surface area contributed by atoms with Crippen LogP contribution in [0.25, 0.3) is 0 Å². The average Bonchev–Trinajstić information content (AvgIpc) is 3.22. The predicted octanol–water partition coefficient (Wildman–Crippen LogP) is 1.65. The number of piperidine rings is 1. The number of carbonyl (C=O) groups is 3. The Morgan fingerprint density at radius 3 is 2.96 bits per heavy atom. The molecule has 140 valence electrons. The summed E-state index contributed by atoms with van der Waals surface area (Å²) in [6.07, 6.45) is 3.07. The van der Waals surface area contributed by atoms with Gasteiger partial charge in [0.2, 0.25) is 0 Å². The first kappa shape index (κ1) is 17.1. The van der Waals surface area contributed by atoms with Gasteiger partial charge in [0, 0.05) is 24.7 Å². The van der Waals surface area contributed by atoms with Crippen molar-refractivity contribution in [2.45, 2.75) is 18.9 Å². The van der Waals surface area contributed by atoms with E-state index in [-0.39, 0.29) is 30.4 Å². The lowest BCUT2D eigenvalue weighted by molar-refractivity contribution is -0.118. The molecule has 0 bridgehead atoms. The number of hydrogen-bond acceptors (Lipinski definition) is 5. The number of benzene rings is 1. The van der Waals surface area contributed by atoms with Crippen LogP contribution in [0.1, 0.15) is 33.8 Å². The molecule has 2 aliphatic heterocycles. The fourth-order valence-electron chi connectivity index (χ4n) is 3.32. The molecular weight excluding hydrogens is 350 g/mol. The number of furan rings is 1. The SMILES string of the molecule is O=C1COc2cc(C(=O)NC3CCCN(C(=O)c4ccco4)C3)ccc2N1. The smallest absolute Gasteiger partial charge is 0.289 e. The van der Waals surface area contributed by atoms with Crippen LogP contribution in [0, 0.1) is 0 Å². The Kier molecular flexibility index (Phi) is 4.53. The third kappa shape index (κ3) is 3.64. The van der Waals surface area contributed by atoms with Crippen molar-refractivity contribution in [2.24, 2.45) is 0 Å². The Morgan fingerprint density at radius 2 is 2.15 bits per heavy atom. The van der Waals surface area contributed by atoms with Crippen molar-refractivity contribution in [1.82, 2.24) is 10.2 Å². The summed E-state index contributed by atoms with van der Waals surface area (Å²) in [6, 6.07) is 8.07. The first-order chi connectivity index (χ1) is 13.1. The van der Waals surface area contributed by atoms with E-state index in [1.807, 2.05) is 0 Å². The van der Waals surface area contributed by atoms with E-state index >= 15 is 0 Å². The molecule has 0 aliphatic carbocycles. The van der Waals surface area contributed by atoms with E-state index in [0.717, 1.165) is 12.8 Å². The Hall–Kier alpha value is -3.29. The number of hydrogen-bond donors (Lipinski definition) is 2. The number of nitrogens with zero attached hydrogens (tertiary/aromatic N) is 1. The third-order valence-corrected chi connectivity index (χ3v) is 4.65. The van der Waals surface area contributed by atoms with E-state index in [9.17, 15) is 14.4 Å². The Labute approximate surface area is 155 Å². The van der Waals surface area contributed by atoms with Crippen molar-refractivity contribution >= 4 is 23.4 Å². The van der Waals surface area contributed by atoms with Gasteiger partial charge in [-0.15, -0.1) is 0 Å². The van der Waals surface area contributed by atoms with Crippen molar-refractivity contribution < 1.29 is 23.5 Å². The van der Waals surface area contributed by atoms with Gasteiger partial charge in [-0.1, -0.05) is 0 Å². The molecule has 8 nitrogen and oxygen atoms in total. The maximum Gasteiger partial charge on any atom is 0.289 e. The number of ether oxygens (including phenoxy) is 1. The van der Waals surface area contributed by atoms with Crippen LogP contribution in [0.15, 0.2) is 41.0 Å². The first-order valence-electron chi connectivity index (χ1n) is 8.80. The summed E-state index contributed by atoms with van der Waals surface area (Å²) in [5.74, 6) is 0.145. The van der Waals surface area contributed by atoms with Gasteiger partial charge in [-0.05, 0) is 43.2 Å². The molecule has 1 saturated heterocycles. The zero-order chi connectivity index (χ0) is 18.8. The molecule has 4 rings (SSSR count). The highest BCUT2D eigenvalue weighted by atomic mass is 16.5. The zero-order valence-electron chi connectivity index (χ0n) is 14.6. The van der Waals surface area contributed by atoms with Crippen molar-refractivity contribution in [3.8, 4) is 5.75 Å². The molecule has 1 fully saturated rings. The van der Waals surface area contributed by atoms with Crippen molar-refractivity contribution in [1.29, 1.82) is 0 Å². The summed E-state index contributed by atoms with van der Waals surface area (Å²) >= 11 is 0. The topological polar surface area (TPSA) is 101 Å². The molecule has 0 radical (unpaired) electrons. The number of rotatable bonds is 3. The van der Waals surface area contributed by atoms with Gasteiger partial charge in [0.15, 0.2) is 12.4 Å². The molecule has 3 amide bonds. The van der Waals surface area contributed by atoms with E-state index in [1.165, 1.54) is 6.26 Å². The van der Waals surface area contributed by atoms with Gasteiger partial charge in [-0.25, -0.2) is 0 Å². The van der Waals surface area contributed by atoms with Crippen molar-refractivity contribution in [2.75, 3.05) is 25.0 Å². The lowest BCUT2D eigenvalue weighted by Crippen LogP contribution is -2.49. The number of carbonyl (C=O) groups excluding carboxylic acids is 3. The van der Waals surface area contributed by atoms with Gasteiger partial charge in [0.05, 0.1) is 12.0 Å². The van der Waals surface area contributed by atoms with Crippen LogP contribution < -0.4 is 15.4 Å². The minimum absolute atomic E-state index is 0.0649. The summed E-state index contributed by atoms with van der Waals surface area (Å²) in [7, 11) is 0. The molecule has 0 spiro atoms. The maximum absolute atomic E-state index is 12.6. The third-order valence-electron chi connectivity index (χ3n) is 4.65. The Balaban J connectivity index is 1.40. The molecule has 8 heteroatoms. The molecule has 27 heavy (non-hydrogen) atoms. The van der Waals surface area contributed by atoms with E-state index in [1.54, 1.807) is 35.2 Å². The molecule has 1 unspecified atom stereocenters. The highest BCUT2D eigenvalue weighted by Gasteiger charge is 2.27. The van der Waals surface area contributed by atoms with Crippen LogP contribution in [0.5, 0.6) is 5.75 Å². The second kappa shape index (κ2) is 7.14. The van der Waals surface area contributed by atoms with E-state index in [4.69, 9.17) is 9.15 Å². The van der Waals surface area contributed by atoms with Gasteiger partial charge in [-0.3, -0.25) is 14.4 Å². The molecule has 1 atom stereocenters.